The van der Waals surface area contributed by atoms with Gasteiger partial charge in [0.05, 0.1) is 11.1 Å². The molecule has 130 valence electrons. The average Bonchev–Trinajstić information content (AvgIpc) is 2.78. The Hall–Kier alpha value is -1.82. The van der Waals surface area contributed by atoms with Crippen LogP contribution in [0.15, 0.2) is 21.0 Å². The summed E-state index contributed by atoms with van der Waals surface area (Å²) < 4.78 is 17.0. The fourth-order valence-corrected chi connectivity index (χ4v) is 2.58. The first-order chi connectivity index (χ1) is 11.1. The van der Waals surface area contributed by atoms with Crippen molar-refractivity contribution in [2.24, 2.45) is 5.41 Å². The molecule has 0 aliphatic heterocycles. The number of furan rings is 1. The highest BCUT2D eigenvalue weighted by Gasteiger charge is 2.24. The molecule has 0 bridgehead atoms. The standard InChI is InChI=1S/C18H21BrO5/c1-6-22-17(21)16-10(2)24-13-8-12(19)14(7-11(13)16)23-9-15(20)18(3,4)5/h7-8H,6,9H2,1-5H3. The summed E-state index contributed by atoms with van der Waals surface area (Å²) in [6.07, 6.45) is 0. The molecule has 1 heterocycles. The number of rotatable bonds is 5. The van der Waals surface area contributed by atoms with Gasteiger partial charge in [-0.2, -0.15) is 0 Å². The number of benzene rings is 1. The summed E-state index contributed by atoms with van der Waals surface area (Å²) in [6, 6.07) is 3.42. The maximum Gasteiger partial charge on any atom is 0.342 e. The van der Waals surface area contributed by atoms with Crippen molar-refractivity contribution in [3.63, 3.8) is 0 Å². The molecule has 0 amide bonds. The van der Waals surface area contributed by atoms with E-state index >= 15 is 0 Å². The minimum absolute atomic E-state index is 0.0107. The number of ketones is 1. The lowest BCUT2D eigenvalue weighted by molar-refractivity contribution is -0.128. The third kappa shape index (κ3) is 3.80. The Morgan fingerprint density at radius 3 is 2.50 bits per heavy atom. The van der Waals surface area contributed by atoms with E-state index in [1.807, 2.05) is 20.8 Å². The number of ether oxygens (including phenoxy) is 2. The van der Waals surface area contributed by atoms with Gasteiger partial charge in [0.1, 0.15) is 29.3 Å². The van der Waals surface area contributed by atoms with E-state index in [-0.39, 0.29) is 19.0 Å². The van der Waals surface area contributed by atoms with Crippen LogP contribution >= 0.6 is 15.9 Å². The quantitative estimate of drug-likeness (QED) is 0.686. The topological polar surface area (TPSA) is 65.7 Å². The van der Waals surface area contributed by atoms with Crippen LogP contribution < -0.4 is 4.74 Å². The minimum atomic E-state index is -0.473. The lowest BCUT2D eigenvalue weighted by Gasteiger charge is -2.17. The summed E-state index contributed by atoms with van der Waals surface area (Å²) in [4.78, 5) is 24.2. The van der Waals surface area contributed by atoms with Crippen molar-refractivity contribution in [3.8, 4) is 5.75 Å². The number of Topliss-reactive ketones (excluding diaryl/α,β-unsaturated/α-hetero) is 1. The zero-order valence-corrected chi connectivity index (χ0v) is 16.1. The van der Waals surface area contributed by atoms with Gasteiger partial charge in [-0.3, -0.25) is 4.79 Å². The Kier molecular flexibility index (Phi) is 5.38. The van der Waals surface area contributed by atoms with Crippen LogP contribution in [0.1, 0.15) is 43.8 Å². The van der Waals surface area contributed by atoms with E-state index < -0.39 is 11.4 Å². The van der Waals surface area contributed by atoms with Crippen LogP contribution in [-0.2, 0) is 9.53 Å². The summed E-state index contributed by atoms with van der Waals surface area (Å²) in [6.45, 7) is 9.23. The Morgan fingerprint density at radius 2 is 1.92 bits per heavy atom. The van der Waals surface area contributed by atoms with Gasteiger partial charge in [-0.15, -0.1) is 0 Å². The predicted octanol–water partition coefficient (Wildman–Crippen LogP) is 4.67. The zero-order chi connectivity index (χ0) is 18.1. The van der Waals surface area contributed by atoms with E-state index in [4.69, 9.17) is 13.9 Å². The van der Waals surface area contributed by atoms with Crippen LogP contribution in [0.4, 0.5) is 0 Å². The fraction of sp³-hybridized carbons (Fsp3) is 0.444. The number of hydrogen-bond acceptors (Lipinski definition) is 5. The first-order valence-corrected chi connectivity index (χ1v) is 8.50. The van der Waals surface area contributed by atoms with Gasteiger partial charge in [0.25, 0.3) is 0 Å². The number of esters is 1. The van der Waals surface area contributed by atoms with Gasteiger partial charge in [0.15, 0.2) is 5.78 Å². The summed E-state index contributed by atoms with van der Waals surface area (Å²) in [5.74, 6) is 0.515. The van der Waals surface area contributed by atoms with Crippen molar-refractivity contribution < 1.29 is 23.5 Å². The molecule has 0 saturated heterocycles. The highest BCUT2D eigenvalue weighted by molar-refractivity contribution is 9.10. The highest BCUT2D eigenvalue weighted by atomic mass is 79.9. The first-order valence-electron chi connectivity index (χ1n) is 7.71. The van der Waals surface area contributed by atoms with Gasteiger partial charge >= 0.3 is 5.97 Å². The molecular formula is C18H21BrO5. The molecule has 1 aromatic heterocycles. The SMILES string of the molecule is CCOC(=O)c1c(C)oc2cc(Br)c(OCC(=O)C(C)(C)C)cc12. The van der Waals surface area contributed by atoms with E-state index in [0.717, 1.165) is 0 Å². The van der Waals surface area contributed by atoms with Gasteiger partial charge in [-0.05, 0) is 41.9 Å². The Morgan fingerprint density at radius 1 is 1.25 bits per heavy atom. The number of fused-ring (bicyclic) bond motifs is 1. The van der Waals surface area contributed by atoms with Crippen LogP contribution in [0.25, 0.3) is 11.0 Å². The molecule has 6 heteroatoms. The van der Waals surface area contributed by atoms with Crippen molar-refractivity contribution in [2.45, 2.75) is 34.6 Å². The summed E-state index contributed by atoms with van der Waals surface area (Å²) >= 11 is 3.41. The van der Waals surface area contributed by atoms with Gasteiger partial charge < -0.3 is 13.9 Å². The normalized spacial score (nSPS) is 11.6. The maximum absolute atomic E-state index is 12.1. The van der Waals surface area contributed by atoms with Gasteiger partial charge in [-0.1, -0.05) is 20.8 Å². The summed E-state index contributed by atoms with van der Waals surface area (Å²) in [5.41, 5.74) is 0.460. The summed E-state index contributed by atoms with van der Waals surface area (Å²) in [5, 5.41) is 0.604. The monoisotopic (exact) mass is 396 g/mol. The van der Waals surface area contributed by atoms with Crippen LogP contribution in [0.3, 0.4) is 0 Å². The minimum Gasteiger partial charge on any atom is -0.485 e. The van der Waals surface area contributed by atoms with Gasteiger partial charge in [0, 0.05) is 10.8 Å². The van der Waals surface area contributed by atoms with E-state index in [9.17, 15) is 9.59 Å². The number of aryl methyl sites for hydroxylation is 1. The lowest BCUT2D eigenvalue weighted by Crippen LogP contribution is -2.26. The highest BCUT2D eigenvalue weighted by Crippen LogP contribution is 2.35. The Bertz CT molecular complexity index is 783. The molecule has 0 N–H and O–H groups in total. The van der Waals surface area contributed by atoms with E-state index in [0.29, 0.717) is 32.5 Å². The number of carbonyl (C=O) groups excluding carboxylic acids is 2. The van der Waals surface area contributed by atoms with Gasteiger partial charge in [0.2, 0.25) is 0 Å². The Balaban J connectivity index is 2.38. The van der Waals surface area contributed by atoms with Crippen molar-refractivity contribution in [1.29, 1.82) is 0 Å². The van der Waals surface area contributed by atoms with Crippen molar-refractivity contribution >= 4 is 38.7 Å². The molecule has 0 aliphatic rings. The molecule has 0 fully saturated rings. The average molecular weight is 397 g/mol. The van der Waals surface area contributed by atoms with Crippen LogP contribution in [0.5, 0.6) is 5.75 Å². The van der Waals surface area contributed by atoms with E-state index in [1.54, 1.807) is 26.0 Å². The predicted molar refractivity (Wildman–Crippen MR) is 94.6 cm³/mol. The van der Waals surface area contributed by atoms with Crippen molar-refractivity contribution in [1.82, 2.24) is 0 Å². The number of halogens is 1. The third-order valence-electron chi connectivity index (χ3n) is 3.59. The van der Waals surface area contributed by atoms with E-state index in [2.05, 4.69) is 15.9 Å². The molecule has 2 aromatic rings. The second-order valence-electron chi connectivity index (χ2n) is 6.49. The molecule has 2 rings (SSSR count). The molecule has 24 heavy (non-hydrogen) atoms. The summed E-state index contributed by atoms with van der Waals surface area (Å²) in [7, 11) is 0. The molecule has 0 saturated carbocycles. The largest absolute Gasteiger partial charge is 0.485 e. The van der Waals surface area contributed by atoms with Gasteiger partial charge in [-0.25, -0.2) is 4.79 Å². The maximum atomic E-state index is 12.1. The molecular weight excluding hydrogens is 376 g/mol. The molecule has 0 radical (unpaired) electrons. The number of carbonyl (C=O) groups is 2. The van der Waals surface area contributed by atoms with Crippen molar-refractivity contribution in [3.05, 3.63) is 27.9 Å². The molecule has 0 unspecified atom stereocenters. The molecule has 0 atom stereocenters. The second-order valence-corrected chi connectivity index (χ2v) is 7.35. The molecule has 1 aromatic carbocycles. The first kappa shape index (κ1) is 18.5. The lowest BCUT2D eigenvalue weighted by atomic mass is 9.91. The van der Waals surface area contributed by atoms with Crippen LogP contribution in [0, 0.1) is 12.3 Å². The van der Waals surface area contributed by atoms with E-state index in [1.165, 1.54) is 0 Å². The smallest absolute Gasteiger partial charge is 0.342 e. The zero-order valence-electron chi connectivity index (χ0n) is 14.5. The Labute approximate surface area is 149 Å². The van der Waals surface area contributed by atoms with Crippen LogP contribution in [0.2, 0.25) is 0 Å². The fourth-order valence-electron chi connectivity index (χ4n) is 2.15. The number of hydrogen-bond donors (Lipinski definition) is 0. The third-order valence-corrected chi connectivity index (χ3v) is 4.21. The molecule has 0 spiro atoms. The molecule has 5 nitrogen and oxygen atoms in total. The molecule has 0 aliphatic carbocycles. The van der Waals surface area contributed by atoms with Crippen LogP contribution in [-0.4, -0.2) is 25.0 Å². The second kappa shape index (κ2) is 6.97. The van der Waals surface area contributed by atoms with Crippen molar-refractivity contribution in [2.75, 3.05) is 13.2 Å².